The average molecular weight is 441 g/mol. The van der Waals surface area contributed by atoms with Gasteiger partial charge in [0.15, 0.2) is 0 Å². The highest BCUT2D eigenvalue weighted by Crippen LogP contribution is 2.67. The standard InChI is InChI=1S/C31H52O/c1-8-29(5,9-2)22(4)11-10-21(3)26-14-15-27-25-13-12-23-20-24(32)16-18-30(23,6)28(25)17-19-31(26,27)7/h12,21,24-28,32H,4,8-11,13-20H2,1-3,5-7H3/t21-,24+,25?,26?,27?,28?,30+,31-/m1/s1. The monoisotopic (exact) mass is 440 g/mol. The third-order valence-electron chi connectivity index (χ3n) is 12.2. The van der Waals surface area contributed by atoms with Gasteiger partial charge in [-0.2, -0.15) is 0 Å². The maximum Gasteiger partial charge on any atom is 0.0577 e. The number of hydrogen-bond donors (Lipinski definition) is 1. The van der Waals surface area contributed by atoms with E-state index in [1.807, 2.05) is 0 Å². The Hall–Kier alpha value is -0.560. The maximum atomic E-state index is 10.3. The molecule has 0 radical (unpaired) electrons. The molecule has 1 heteroatoms. The Morgan fingerprint density at radius 1 is 1.12 bits per heavy atom. The van der Waals surface area contributed by atoms with Crippen molar-refractivity contribution >= 4 is 0 Å². The Morgan fingerprint density at radius 2 is 1.84 bits per heavy atom. The van der Waals surface area contributed by atoms with E-state index >= 15 is 0 Å². The van der Waals surface area contributed by atoms with E-state index in [0.717, 1.165) is 42.4 Å². The molecule has 3 fully saturated rings. The van der Waals surface area contributed by atoms with Crippen molar-refractivity contribution < 1.29 is 5.11 Å². The van der Waals surface area contributed by atoms with Crippen LogP contribution in [-0.4, -0.2) is 11.2 Å². The van der Waals surface area contributed by atoms with E-state index in [9.17, 15) is 5.11 Å². The fourth-order valence-corrected chi connectivity index (χ4v) is 9.27. The van der Waals surface area contributed by atoms with Crippen LogP contribution in [0.1, 0.15) is 119 Å². The minimum absolute atomic E-state index is 0.0894. The van der Waals surface area contributed by atoms with Crippen LogP contribution in [0.3, 0.4) is 0 Å². The summed E-state index contributed by atoms with van der Waals surface area (Å²) in [6.45, 7) is 19.4. The molecule has 4 aliphatic rings. The van der Waals surface area contributed by atoms with E-state index < -0.39 is 0 Å². The molecule has 3 saturated carbocycles. The van der Waals surface area contributed by atoms with Crippen molar-refractivity contribution in [3.05, 3.63) is 23.8 Å². The number of rotatable bonds is 7. The molecule has 0 bridgehead atoms. The molecule has 4 unspecified atom stereocenters. The van der Waals surface area contributed by atoms with E-state index in [1.54, 1.807) is 5.57 Å². The van der Waals surface area contributed by atoms with E-state index in [0.29, 0.717) is 16.2 Å². The summed E-state index contributed by atoms with van der Waals surface area (Å²) in [6, 6.07) is 0. The molecular formula is C31H52O. The van der Waals surface area contributed by atoms with Gasteiger partial charge >= 0.3 is 0 Å². The van der Waals surface area contributed by atoms with Crippen molar-refractivity contribution in [2.75, 3.05) is 0 Å². The van der Waals surface area contributed by atoms with Crippen molar-refractivity contribution in [1.29, 1.82) is 0 Å². The van der Waals surface area contributed by atoms with Crippen LogP contribution < -0.4 is 0 Å². The van der Waals surface area contributed by atoms with Gasteiger partial charge in [-0.15, -0.1) is 0 Å². The minimum atomic E-state index is -0.0894. The lowest BCUT2D eigenvalue weighted by atomic mass is 9.47. The minimum Gasteiger partial charge on any atom is -0.393 e. The van der Waals surface area contributed by atoms with Crippen LogP contribution >= 0.6 is 0 Å². The second kappa shape index (κ2) is 8.90. The smallest absolute Gasteiger partial charge is 0.0577 e. The first-order valence-corrected chi connectivity index (χ1v) is 14.1. The van der Waals surface area contributed by atoms with Gasteiger partial charge in [0.05, 0.1) is 6.10 Å². The van der Waals surface area contributed by atoms with Gasteiger partial charge in [-0.25, -0.2) is 0 Å². The molecule has 182 valence electrons. The van der Waals surface area contributed by atoms with E-state index in [2.05, 4.69) is 54.2 Å². The summed E-state index contributed by atoms with van der Waals surface area (Å²) in [5, 5.41) is 10.3. The van der Waals surface area contributed by atoms with Crippen molar-refractivity contribution in [3.8, 4) is 0 Å². The number of hydrogen-bond acceptors (Lipinski definition) is 1. The van der Waals surface area contributed by atoms with Crippen LogP contribution in [0, 0.1) is 45.8 Å². The molecule has 1 nitrogen and oxygen atoms in total. The predicted octanol–water partition coefficient (Wildman–Crippen LogP) is 8.73. The Bertz CT molecular complexity index is 729. The van der Waals surface area contributed by atoms with Crippen molar-refractivity contribution in [2.24, 2.45) is 45.8 Å². The zero-order chi connectivity index (χ0) is 23.3. The fourth-order valence-electron chi connectivity index (χ4n) is 9.27. The first kappa shape index (κ1) is 24.6. The molecule has 0 aromatic rings. The van der Waals surface area contributed by atoms with Gasteiger partial charge in [-0.05, 0) is 123 Å². The van der Waals surface area contributed by atoms with Gasteiger partial charge in [-0.3, -0.25) is 0 Å². The summed E-state index contributed by atoms with van der Waals surface area (Å²) < 4.78 is 0. The van der Waals surface area contributed by atoms with Gasteiger partial charge in [0.25, 0.3) is 0 Å². The molecule has 32 heavy (non-hydrogen) atoms. The maximum absolute atomic E-state index is 10.3. The first-order chi connectivity index (χ1) is 15.1. The van der Waals surface area contributed by atoms with Crippen LogP contribution in [-0.2, 0) is 0 Å². The highest BCUT2D eigenvalue weighted by molar-refractivity contribution is 5.25. The van der Waals surface area contributed by atoms with Gasteiger partial charge < -0.3 is 5.11 Å². The van der Waals surface area contributed by atoms with E-state index in [-0.39, 0.29) is 6.10 Å². The summed E-state index contributed by atoms with van der Waals surface area (Å²) in [7, 11) is 0. The number of aliphatic hydroxyl groups is 1. The third-order valence-corrected chi connectivity index (χ3v) is 12.2. The predicted molar refractivity (Wildman–Crippen MR) is 137 cm³/mol. The second-order valence-corrected chi connectivity index (χ2v) is 13.3. The normalized spacial score (nSPS) is 42.5. The molecule has 4 rings (SSSR count). The van der Waals surface area contributed by atoms with Crippen molar-refractivity contribution in [2.45, 2.75) is 125 Å². The molecule has 0 saturated heterocycles. The Kier molecular flexibility index (Phi) is 6.83. The molecular weight excluding hydrogens is 388 g/mol. The molecule has 0 aromatic heterocycles. The molecule has 1 N–H and O–H groups in total. The molecule has 0 heterocycles. The Balaban J connectivity index is 1.45. The van der Waals surface area contributed by atoms with Gasteiger partial charge in [0, 0.05) is 0 Å². The van der Waals surface area contributed by atoms with Crippen LogP contribution in [0.15, 0.2) is 23.8 Å². The number of allylic oxidation sites excluding steroid dienone is 2. The van der Waals surface area contributed by atoms with Gasteiger partial charge in [0.2, 0.25) is 0 Å². The summed E-state index contributed by atoms with van der Waals surface area (Å²) in [5.74, 6) is 4.36. The second-order valence-electron chi connectivity index (χ2n) is 13.3. The lowest BCUT2D eigenvalue weighted by molar-refractivity contribution is -0.0571. The third kappa shape index (κ3) is 3.87. The van der Waals surface area contributed by atoms with Gasteiger partial charge in [0.1, 0.15) is 0 Å². The van der Waals surface area contributed by atoms with Crippen LogP contribution in [0.4, 0.5) is 0 Å². The molecule has 4 aliphatic carbocycles. The summed E-state index contributed by atoms with van der Waals surface area (Å²) in [6.07, 6.45) is 17.7. The molecule has 0 amide bonds. The first-order valence-electron chi connectivity index (χ1n) is 14.1. The molecule has 8 atom stereocenters. The van der Waals surface area contributed by atoms with E-state index in [1.165, 1.54) is 69.8 Å². The summed E-state index contributed by atoms with van der Waals surface area (Å²) in [5.41, 5.74) is 4.34. The topological polar surface area (TPSA) is 20.2 Å². The highest BCUT2D eigenvalue weighted by Gasteiger charge is 2.59. The zero-order valence-corrected chi connectivity index (χ0v) is 22.2. The Morgan fingerprint density at radius 3 is 2.53 bits per heavy atom. The number of aliphatic hydroxyl groups excluding tert-OH is 1. The van der Waals surface area contributed by atoms with E-state index in [4.69, 9.17) is 0 Å². The lowest BCUT2D eigenvalue weighted by Crippen LogP contribution is -2.50. The van der Waals surface area contributed by atoms with Gasteiger partial charge in [-0.1, -0.05) is 65.3 Å². The quantitative estimate of drug-likeness (QED) is 0.392. The largest absolute Gasteiger partial charge is 0.393 e. The fraction of sp³-hybridized carbons (Fsp3) is 0.871. The zero-order valence-electron chi connectivity index (χ0n) is 22.2. The summed E-state index contributed by atoms with van der Waals surface area (Å²) in [4.78, 5) is 0. The average Bonchev–Trinajstić information content (AvgIpc) is 3.14. The molecule has 0 aromatic carbocycles. The highest BCUT2D eigenvalue weighted by atomic mass is 16.3. The van der Waals surface area contributed by atoms with Crippen LogP contribution in [0.5, 0.6) is 0 Å². The Labute approximate surface area is 199 Å². The van der Waals surface area contributed by atoms with Crippen molar-refractivity contribution in [3.63, 3.8) is 0 Å². The van der Waals surface area contributed by atoms with Crippen molar-refractivity contribution in [1.82, 2.24) is 0 Å². The number of fused-ring (bicyclic) bond motifs is 5. The van der Waals surface area contributed by atoms with Crippen LogP contribution in [0.2, 0.25) is 0 Å². The summed E-state index contributed by atoms with van der Waals surface area (Å²) >= 11 is 0. The SMILES string of the molecule is C=C(CC[C@@H](C)C1CCC2C3CC=C4C[C@@H](O)CC[C@]4(C)C3CC[C@@]21C)C(C)(CC)CC. The molecule has 0 spiro atoms. The lowest BCUT2D eigenvalue weighted by Gasteiger charge is -2.58. The molecule has 0 aliphatic heterocycles. The van der Waals surface area contributed by atoms with Crippen LogP contribution in [0.25, 0.3) is 0 Å².